The van der Waals surface area contributed by atoms with E-state index in [0.717, 1.165) is 39.2 Å². The van der Waals surface area contributed by atoms with Gasteiger partial charge in [-0.3, -0.25) is 0 Å². The van der Waals surface area contributed by atoms with Gasteiger partial charge in [0.2, 0.25) is 5.84 Å². The maximum Gasteiger partial charge on any atom is 0.246 e. The maximum absolute atomic E-state index is 5.94. The number of hydrogen-bond donors (Lipinski definition) is 2. The van der Waals surface area contributed by atoms with Gasteiger partial charge in [0.1, 0.15) is 29.9 Å². The topological polar surface area (TPSA) is 108 Å². The van der Waals surface area contributed by atoms with Crippen molar-refractivity contribution in [3.8, 4) is 11.5 Å². The van der Waals surface area contributed by atoms with Crippen LogP contribution in [0.3, 0.4) is 0 Å². The third-order valence-corrected chi connectivity index (χ3v) is 4.94. The highest BCUT2D eigenvalue weighted by Gasteiger charge is 2.08. The van der Waals surface area contributed by atoms with Crippen LogP contribution in [0.25, 0.3) is 10.9 Å². The number of hydrogen-bond acceptors (Lipinski definition) is 4. The highest BCUT2D eigenvalue weighted by molar-refractivity contribution is 5.82. The first-order valence-electron chi connectivity index (χ1n) is 10.2. The fourth-order valence-corrected chi connectivity index (χ4v) is 3.31. The number of nitrogens with zero attached hydrogens (tertiary/aromatic N) is 3. The molecule has 7 heteroatoms. The Kier molecular flexibility index (Phi) is 6.67. The van der Waals surface area contributed by atoms with Crippen LogP contribution in [0.1, 0.15) is 16.8 Å². The third-order valence-electron chi connectivity index (χ3n) is 4.94. The predicted octanol–water partition coefficient (Wildman–Crippen LogP) is 3.42. The van der Waals surface area contributed by atoms with Crippen LogP contribution in [-0.4, -0.2) is 10.8 Å². The molecule has 4 aromatic rings. The van der Waals surface area contributed by atoms with Crippen LogP contribution >= 0.6 is 0 Å². The van der Waals surface area contributed by atoms with E-state index in [0.29, 0.717) is 25.5 Å². The average molecular weight is 427 g/mol. The van der Waals surface area contributed by atoms with E-state index in [9.17, 15) is 0 Å². The Morgan fingerprint density at radius 1 is 0.781 bits per heavy atom. The molecule has 4 N–H and O–H groups in total. The van der Waals surface area contributed by atoms with Gasteiger partial charge in [0.05, 0.1) is 22.7 Å². The second-order valence-electron chi connectivity index (χ2n) is 7.20. The number of pyridine rings is 1. The molecule has 7 nitrogen and oxygen atoms in total. The van der Waals surface area contributed by atoms with E-state index in [4.69, 9.17) is 20.7 Å². The Morgan fingerprint density at radius 3 is 2.19 bits per heavy atom. The number of benzene rings is 3. The van der Waals surface area contributed by atoms with Crippen LogP contribution < -0.4 is 20.7 Å². The lowest BCUT2D eigenvalue weighted by atomic mass is 10.0. The van der Waals surface area contributed by atoms with Crippen molar-refractivity contribution >= 4 is 16.7 Å². The molecule has 0 atom stereocenters. The summed E-state index contributed by atoms with van der Waals surface area (Å²) in [6.07, 6.45) is 0.454. The molecule has 0 amide bonds. The monoisotopic (exact) mass is 426 g/mol. The molecule has 3 aromatic carbocycles. The molecular weight excluding hydrogens is 402 g/mol. The number of fused-ring (bicyclic) bond motifs is 1. The zero-order valence-electron chi connectivity index (χ0n) is 17.5. The average Bonchev–Trinajstić information content (AvgIpc) is 2.83. The summed E-state index contributed by atoms with van der Waals surface area (Å²) in [5, 5.41) is 8.02. The molecule has 0 fully saturated rings. The summed E-state index contributed by atoms with van der Waals surface area (Å²) in [6, 6.07) is 27.5. The smallest absolute Gasteiger partial charge is 0.246 e. The lowest BCUT2D eigenvalue weighted by molar-refractivity contribution is -0.221. The quantitative estimate of drug-likeness (QED) is 0.185. The molecule has 0 bridgehead atoms. The molecule has 0 unspecified atom stereocenters. The molecule has 0 spiro atoms. The van der Waals surface area contributed by atoms with Gasteiger partial charge in [-0.05, 0) is 47.5 Å². The fourth-order valence-electron chi connectivity index (χ4n) is 3.31. The zero-order valence-corrected chi connectivity index (χ0v) is 17.5. The minimum Gasteiger partial charge on any atom is -0.489 e. The van der Waals surface area contributed by atoms with E-state index in [1.165, 1.54) is 0 Å². The molecule has 0 aliphatic heterocycles. The van der Waals surface area contributed by atoms with Crippen molar-refractivity contribution < 1.29 is 15.0 Å². The van der Waals surface area contributed by atoms with Crippen LogP contribution in [0.2, 0.25) is 0 Å². The van der Waals surface area contributed by atoms with E-state index in [1.54, 1.807) is 0 Å². The summed E-state index contributed by atoms with van der Waals surface area (Å²) < 4.78 is 11.8. The van der Waals surface area contributed by atoms with Crippen molar-refractivity contribution in [2.24, 2.45) is 16.1 Å². The van der Waals surface area contributed by atoms with Gasteiger partial charge < -0.3 is 15.2 Å². The van der Waals surface area contributed by atoms with Crippen molar-refractivity contribution in [2.75, 3.05) is 0 Å². The van der Waals surface area contributed by atoms with Crippen molar-refractivity contribution in [1.82, 2.24) is 4.98 Å². The molecule has 1 heterocycles. The normalized spacial score (nSPS) is 11.3. The predicted molar refractivity (Wildman–Crippen MR) is 123 cm³/mol. The van der Waals surface area contributed by atoms with E-state index in [-0.39, 0.29) is 0 Å². The Morgan fingerprint density at radius 2 is 1.44 bits per heavy atom. The van der Waals surface area contributed by atoms with E-state index in [1.807, 2.05) is 78.9 Å². The highest BCUT2D eigenvalue weighted by Crippen LogP contribution is 2.21. The lowest BCUT2D eigenvalue weighted by Gasteiger charge is -2.11. The zero-order chi connectivity index (χ0) is 22.2. The summed E-state index contributed by atoms with van der Waals surface area (Å²) in [5.41, 5.74) is 14.8. The van der Waals surface area contributed by atoms with Gasteiger partial charge in [0, 0.05) is 5.39 Å². The van der Waals surface area contributed by atoms with Gasteiger partial charge in [-0.2, -0.15) is 5.53 Å². The van der Waals surface area contributed by atoms with E-state index in [2.05, 4.69) is 21.4 Å². The van der Waals surface area contributed by atoms with Gasteiger partial charge in [-0.25, -0.2) is 4.98 Å². The Hall–Kier alpha value is -4.26. The first kappa shape index (κ1) is 21.0. The van der Waals surface area contributed by atoms with Crippen LogP contribution in [0, 0.1) is 0 Å². The first-order chi connectivity index (χ1) is 15.7. The van der Waals surface area contributed by atoms with Gasteiger partial charge in [-0.15, -0.1) is 0 Å². The highest BCUT2D eigenvalue weighted by atomic mass is 16.5. The van der Waals surface area contributed by atoms with Gasteiger partial charge in [0.15, 0.2) is 0 Å². The fraction of sp³-hybridized carbons (Fsp3) is 0.120. The Labute approximate surface area is 186 Å². The summed E-state index contributed by atoms with van der Waals surface area (Å²) in [6.45, 7) is 0.806. The third kappa shape index (κ3) is 5.46. The van der Waals surface area contributed by atoms with Crippen molar-refractivity contribution in [2.45, 2.75) is 19.6 Å². The first-order valence-corrected chi connectivity index (χ1v) is 10.2. The van der Waals surface area contributed by atoms with Crippen LogP contribution in [0.15, 0.2) is 95.3 Å². The molecule has 1 aromatic heterocycles. The molecular formula is C25H24N5O2+. The van der Waals surface area contributed by atoms with Crippen LogP contribution in [0.5, 0.6) is 11.5 Å². The SMILES string of the molecule is N/C(Cc1ccccc1COc1ccc(OCc2ccc3ccccc3n2)cc1)=N\N=[NH2+]. The largest absolute Gasteiger partial charge is 0.489 e. The van der Waals surface area contributed by atoms with Crippen molar-refractivity contribution in [1.29, 1.82) is 0 Å². The van der Waals surface area contributed by atoms with Crippen LogP contribution in [-0.2, 0) is 19.6 Å². The molecule has 32 heavy (non-hydrogen) atoms. The van der Waals surface area contributed by atoms with Crippen molar-refractivity contribution in [3.05, 3.63) is 102 Å². The summed E-state index contributed by atoms with van der Waals surface area (Å²) in [4.78, 5) is 4.63. The van der Waals surface area contributed by atoms with Crippen molar-refractivity contribution in [3.63, 3.8) is 0 Å². The summed E-state index contributed by atoms with van der Waals surface area (Å²) in [5.74, 6) is 1.85. The second kappa shape index (κ2) is 10.2. The minimum atomic E-state index is 0.349. The standard InChI is InChI=1S/C25H23N5O2/c26-25(29-30-27)15-19-6-1-2-7-20(19)16-31-22-11-13-23(14-12-22)32-17-21-10-9-18-5-3-4-8-24(18)28-21/h1-14H,15-17H2,(H3,26,27,29)/p+1. The number of nitrogens with two attached hydrogens (primary N) is 2. The molecule has 160 valence electrons. The molecule has 0 aliphatic carbocycles. The molecule has 0 aliphatic rings. The molecule has 0 saturated carbocycles. The van der Waals surface area contributed by atoms with Crippen LogP contribution in [0.4, 0.5) is 0 Å². The number of aromatic nitrogens is 1. The minimum absolute atomic E-state index is 0.349. The summed E-state index contributed by atoms with van der Waals surface area (Å²) >= 11 is 0. The number of ether oxygens (including phenoxy) is 2. The number of rotatable bonds is 9. The van der Waals surface area contributed by atoms with Gasteiger partial charge in [-0.1, -0.05) is 48.5 Å². The van der Waals surface area contributed by atoms with Gasteiger partial charge >= 0.3 is 0 Å². The van der Waals surface area contributed by atoms with E-state index >= 15 is 0 Å². The summed E-state index contributed by atoms with van der Waals surface area (Å²) in [7, 11) is 0. The van der Waals surface area contributed by atoms with E-state index < -0.39 is 0 Å². The van der Waals surface area contributed by atoms with Gasteiger partial charge in [0.25, 0.3) is 0 Å². The number of para-hydroxylation sites is 1. The Bertz CT molecular complexity index is 1240. The maximum atomic E-state index is 5.94. The lowest BCUT2D eigenvalue weighted by Crippen LogP contribution is -2.24. The second-order valence-corrected chi connectivity index (χ2v) is 7.20. The molecule has 0 radical (unpaired) electrons. The molecule has 0 saturated heterocycles. The number of amidine groups is 1. The Balaban J connectivity index is 1.34. The molecule has 4 rings (SSSR count).